The molecule has 0 spiro atoms. The largest absolute Gasteiger partial charge is 0.377 e. The molecule has 66 heavy (non-hydrogen) atoms. The number of carbonyl (C=O) groups is 5. The van der Waals surface area contributed by atoms with E-state index in [-0.39, 0.29) is 58.9 Å². The van der Waals surface area contributed by atoms with Crippen molar-refractivity contribution in [2.24, 2.45) is 11.3 Å². The minimum atomic E-state index is -0.501. The Balaban J connectivity index is 0.914. The number of aromatic nitrogens is 1. The third-order valence-corrected chi connectivity index (χ3v) is 13.6. The van der Waals surface area contributed by atoms with Gasteiger partial charge in [0.05, 0.1) is 38.9 Å². The number of ether oxygens (including phenoxy) is 2. The van der Waals surface area contributed by atoms with Gasteiger partial charge in [-0.1, -0.05) is 57.5 Å². The van der Waals surface area contributed by atoms with Gasteiger partial charge in [-0.3, -0.25) is 24.1 Å². The van der Waals surface area contributed by atoms with Crippen LogP contribution in [-0.2, 0) is 40.0 Å². The van der Waals surface area contributed by atoms with E-state index < -0.39 is 11.6 Å². The van der Waals surface area contributed by atoms with E-state index in [0.29, 0.717) is 106 Å². The molecule has 2 saturated heterocycles. The summed E-state index contributed by atoms with van der Waals surface area (Å²) in [5.41, 5.74) is 2.64. The zero-order chi connectivity index (χ0) is 47.1. The number of halogens is 2. The molecule has 358 valence electrons. The number of hydrogen-bond donors (Lipinski definition) is 3. The summed E-state index contributed by atoms with van der Waals surface area (Å²) in [6.07, 6.45) is 8.17. The van der Waals surface area contributed by atoms with Crippen LogP contribution in [0.5, 0.6) is 0 Å². The molecular formula is C50H67F2N6O7S+. The van der Waals surface area contributed by atoms with Crippen LogP contribution in [0.25, 0.3) is 11.1 Å². The molecule has 3 N–H and O–H groups in total. The van der Waals surface area contributed by atoms with Crippen LogP contribution in [0.3, 0.4) is 0 Å². The van der Waals surface area contributed by atoms with Gasteiger partial charge in [0.25, 0.3) is 11.8 Å². The fourth-order valence-electron chi connectivity index (χ4n) is 9.26. The standard InChI is InChI=1S/C50H66F2N6O7S/c1-50(2,3)49(42-28-38(40-29-39(51)13-14-41(40)52)32-56(42)31-36-10-6-4-7-11-36)43-34-58(43,33-37-17-19-53-30-37)48(63)35-66-27-18-45(60)55-21-24-65-26-25-64-23-20-54-44(59)12-8-5-9-22-57-46(61)15-16-47(57)62/h4,6-7,10-11,13-16,28-29,32,37,43,49,53H,5,8-9,12,17-27,30-31,33-35H2,1-3H3,(H-,54,55,59,60)/p+1/t37?,43?,49-,58?/m1/s1. The smallest absolute Gasteiger partial charge is 0.324 e. The Morgan fingerprint density at radius 3 is 2.26 bits per heavy atom. The van der Waals surface area contributed by atoms with Gasteiger partial charge in [0, 0.05) is 92.4 Å². The fraction of sp³-hybridized carbons (Fsp3) is 0.540. The summed E-state index contributed by atoms with van der Waals surface area (Å²) < 4.78 is 43.4. The predicted molar refractivity (Wildman–Crippen MR) is 251 cm³/mol. The molecule has 16 heteroatoms. The fourth-order valence-corrected chi connectivity index (χ4v) is 10.2. The highest BCUT2D eigenvalue weighted by Gasteiger charge is 2.66. The quantitative estimate of drug-likeness (QED) is 0.0373. The Bertz CT molecular complexity index is 2140. The van der Waals surface area contributed by atoms with Gasteiger partial charge < -0.3 is 30.0 Å². The van der Waals surface area contributed by atoms with Gasteiger partial charge in [-0.15, -0.1) is 11.8 Å². The first-order chi connectivity index (χ1) is 31.7. The molecule has 3 aliphatic rings. The molecule has 13 nitrogen and oxygen atoms in total. The van der Waals surface area contributed by atoms with Crippen molar-refractivity contribution in [2.75, 3.05) is 83.7 Å². The number of hydrogen-bond acceptors (Lipinski definition) is 9. The lowest BCUT2D eigenvalue weighted by Gasteiger charge is -2.33. The number of unbranched alkanes of at least 4 members (excludes halogenated alkanes) is 2. The highest BCUT2D eigenvalue weighted by Crippen LogP contribution is 2.51. The topological polar surface area (TPSA) is 148 Å². The van der Waals surface area contributed by atoms with Crippen molar-refractivity contribution in [3.8, 4) is 11.1 Å². The molecule has 6 rings (SSSR count). The number of nitrogens with zero attached hydrogens (tertiary/aromatic N) is 3. The molecule has 0 aliphatic carbocycles. The second kappa shape index (κ2) is 24.3. The second-order valence-corrected chi connectivity index (χ2v) is 19.8. The van der Waals surface area contributed by atoms with E-state index >= 15 is 4.39 Å². The number of benzene rings is 2. The lowest BCUT2D eigenvalue weighted by Crippen LogP contribution is -2.45. The molecule has 5 amide bonds. The summed E-state index contributed by atoms with van der Waals surface area (Å²) >= 11 is 1.49. The molecule has 0 bridgehead atoms. The summed E-state index contributed by atoms with van der Waals surface area (Å²) in [6, 6.07) is 15.6. The number of amides is 5. The predicted octanol–water partition coefficient (Wildman–Crippen LogP) is 5.82. The van der Waals surface area contributed by atoms with Crippen molar-refractivity contribution in [2.45, 2.75) is 77.8 Å². The first kappa shape index (κ1) is 50.7. The number of carbonyl (C=O) groups excluding carboxylic acids is 5. The minimum Gasteiger partial charge on any atom is -0.377 e. The number of nitrogens with one attached hydrogen (secondary N) is 3. The van der Waals surface area contributed by atoms with Gasteiger partial charge in [0.2, 0.25) is 11.8 Å². The Morgan fingerprint density at radius 1 is 0.894 bits per heavy atom. The summed E-state index contributed by atoms with van der Waals surface area (Å²) in [5, 5.41) is 9.17. The maximum Gasteiger partial charge on any atom is 0.324 e. The third-order valence-electron chi connectivity index (χ3n) is 12.7. The Morgan fingerprint density at radius 2 is 1.59 bits per heavy atom. The van der Waals surface area contributed by atoms with Gasteiger partial charge in [-0.25, -0.2) is 18.1 Å². The molecular weight excluding hydrogens is 867 g/mol. The van der Waals surface area contributed by atoms with Crippen molar-refractivity contribution in [1.29, 1.82) is 0 Å². The molecule has 0 radical (unpaired) electrons. The zero-order valence-corrected chi connectivity index (χ0v) is 39.5. The highest BCUT2D eigenvalue weighted by molar-refractivity contribution is 7.99. The average molecular weight is 934 g/mol. The van der Waals surface area contributed by atoms with Gasteiger partial charge >= 0.3 is 5.91 Å². The van der Waals surface area contributed by atoms with Crippen molar-refractivity contribution < 1.29 is 46.7 Å². The van der Waals surface area contributed by atoms with E-state index in [4.69, 9.17) is 9.47 Å². The van der Waals surface area contributed by atoms with E-state index in [9.17, 15) is 28.4 Å². The van der Waals surface area contributed by atoms with E-state index in [0.717, 1.165) is 49.8 Å². The molecule has 3 unspecified atom stereocenters. The number of rotatable bonds is 27. The van der Waals surface area contributed by atoms with Gasteiger partial charge in [0.15, 0.2) is 6.04 Å². The third kappa shape index (κ3) is 14.4. The normalized spacial score (nSPS) is 19.7. The van der Waals surface area contributed by atoms with E-state index in [1.807, 2.05) is 30.5 Å². The van der Waals surface area contributed by atoms with Crippen molar-refractivity contribution in [3.63, 3.8) is 0 Å². The van der Waals surface area contributed by atoms with Crippen LogP contribution in [0.1, 0.15) is 76.5 Å². The van der Waals surface area contributed by atoms with Crippen LogP contribution in [0.2, 0.25) is 0 Å². The average Bonchev–Trinajstić information content (AvgIpc) is 3.56. The maximum atomic E-state index is 15.2. The Labute approximate surface area is 392 Å². The molecule has 2 aromatic carbocycles. The summed E-state index contributed by atoms with van der Waals surface area (Å²) in [7, 11) is 0. The summed E-state index contributed by atoms with van der Waals surface area (Å²) in [4.78, 5) is 63.6. The van der Waals surface area contributed by atoms with Crippen molar-refractivity contribution >= 4 is 41.3 Å². The number of thioether (sulfide) groups is 1. The van der Waals surface area contributed by atoms with Gasteiger partial charge in [-0.05, 0) is 61.1 Å². The molecule has 3 aliphatic heterocycles. The molecule has 4 heterocycles. The van der Waals surface area contributed by atoms with Crippen LogP contribution < -0.4 is 16.0 Å². The molecule has 1 aromatic heterocycles. The minimum absolute atomic E-state index is 0.00294. The SMILES string of the molecule is CC(C)(C)[C@H](c1cc(-c2cc(F)ccc2F)cn1Cc1ccccc1)C1C[N+]1(CC1CCNC1)C(=O)CSCCC(=O)NCCOCCOCCNC(=O)CCCCCN1C(=O)C=CC1=O. The van der Waals surface area contributed by atoms with Crippen molar-refractivity contribution in [3.05, 3.63) is 95.8 Å². The van der Waals surface area contributed by atoms with Crippen LogP contribution >= 0.6 is 11.8 Å². The van der Waals surface area contributed by atoms with Crippen LogP contribution in [0, 0.1) is 23.0 Å². The van der Waals surface area contributed by atoms with E-state index in [1.165, 1.54) is 40.9 Å². The van der Waals surface area contributed by atoms with Gasteiger partial charge in [-0.2, -0.15) is 0 Å². The second-order valence-electron chi connectivity index (χ2n) is 18.7. The van der Waals surface area contributed by atoms with Crippen LogP contribution in [0.15, 0.2) is 72.9 Å². The Hall–Kier alpha value is -4.74. The van der Waals surface area contributed by atoms with Gasteiger partial charge in [0.1, 0.15) is 23.9 Å². The first-order valence-electron chi connectivity index (χ1n) is 23.4. The van der Waals surface area contributed by atoms with E-state index in [1.54, 1.807) is 0 Å². The molecule has 2 fully saturated rings. The number of quaternary nitrogens is 1. The van der Waals surface area contributed by atoms with Crippen molar-refractivity contribution in [1.82, 2.24) is 25.4 Å². The summed E-state index contributed by atoms with van der Waals surface area (Å²) in [6.45, 7) is 12.9. The van der Waals surface area contributed by atoms with Crippen LogP contribution in [-0.4, -0.2) is 133 Å². The monoisotopic (exact) mass is 933 g/mol. The maximum absolute atomic E-state index is 15.2. The lowest BCUT2D eigenvalue weighted by molar-refractivity contribution is -0.739. The Kier molecular flexibility index (Phi) is 18.7. The molecule has 3 aromatic rings. The zero-order valence-electron chi connectivity index (χ0n) is 38.7. The van der Waals surface area contributed by atoms with Crippen LogP contribution in [0.4, 0.5) is 8.78 Å². The first-order valence-corrected chi connectivity index (χ1v) is 24.5. The highest BCUT2D eigenvalue weighted by atomic mass is 32.2. The molecule has 4 atom stereocenters. The van der Waals surface area contributed by atoms with E-state index in [2.05, 4.69) is 53.4 Å². The number of imide groups is 1. The summed E-state index contributed by atoms with van der Waals surface area (Å²) in [5.74, 6) is -0.481. The molecule has 0 saturated carbocycles. The lowest BCUT2D eigenvalue weighted by atomic mass is 9.76.